The molecule has 0 radical (unpaired) electrons. The molecule has 0 aromatic rings. The summed E-state index contributed by atoms with van der Waals surface area (Å²) in [5, 5.41) is 3.57. The lowest BCUT2D eigenvalue weighted by Crippen LogP contribution is -2.25. The Labute approximate surface area is 46.8 Å². The quantitative estimate of drug-likeness (QED) is 0.437. The van der Waals surface area contributed by atoms with Crippen LogP contribution in [0.2, 0.25) is 0 Å². The van der Waals surface area contributed by atoms with Gasteiger partial charge in [0, 0.05) is 0 Å². The van der Waals surface area contributed by atoms with Gasteiger partial charge in [0.05, 0.1) is 5.70 Å². The maximum Gasteiger partial charge on any atom is 0.150 e. The van der Waals surface area contributed by atoms with Gasteiger partial charge in [0.25, 0.3) is 0 Å². The monoisotopic (exact) mass is 110 g/mol. The predicted octanol–water partition coefficient (Wildman–Crippen LogP) is -0.596. The summed E-state index contributed by atoms with van der Waals surface area (Å²) in [6.07, 6.45) is 1.34. The van der Waals surface area contributed by atoms with Crippen molar-refractivity contribution < 1.29 is 0 Å². The number of hydrogen-bond donors (Lipinski definition) is 2. The van der Waals surface area contributed by atoms with Gasteiger partial charge < -0.3 is 5.73 Å². The predicted molar refractivity (Wildman–Crippen MR) is 32.4 cm³/mol. The molecule has 1 aliphatic heterocycles. The molecule has 4 heteroatoms. The van der Waals surface area contributed by atoms with Gasteiger partial charge in [-0.1, -0.05) is 6.58 Å². The van der Waals surface area contributed by atoms with Crippen LogP contribution in [0, 0.1) is 0 Å². The zero-order chi connectivity index (χ0) is 5.98. The van der Waals surface area contributed by atoms with Crippen molar-refractivity contribution in [3.8, 4) is 0 Å². The average molecular weight is 110 g/mol. The Morgan fingerprint density at radius 1 is 1.75 bits per heavy atom. The molecule has 4 nitrogen and oxygen atoms in total. The van der Waals surface area contributed by atoms with Crippen LogP contribution in [-0.2, 0) is 0 Å². The maximum absolute atomic E-state index is 5.27. The van der Waals surface area contributed by atoms with E-state index in [1.165, 1.54) is 6.34 Å². The normalized spacial score (nSPS) is 17.5. The van der Waals surface area contributed by atoms with Gasteiger partial charge in [-0.15, -0.1) is 0 Å². The highest BCUT2D eigenvalue weighted by molar-refractivity contribution is 6.01. The molecular weight excluding hydrogens is 104 g/mol. The lowest BCUT2D eigenvalue weighted by atomic mass is 10.5. The molecule has 1 heterocycles. The van der Waals surface area contributed by atoms with Gasteiger partial charge in [0.15, 0.2) is 0 Å². The number of nitrogens with one attached hydrogen (secondary N) is 1. The van der Waals surface area contributed by atoms with Crippen LogP contribution >= 0.6 is 0 Å². The first-order chi connectivity index (χ1) is 3.80. The third-order valence-corrected chi connectivity index (χ3v) is 0.763. The molecule has 0 fully saturated rings. The van der Waals surface area contributed by atoms with Crippen molar-refractivity contribution in [3.05, 3.63) is 12.3 Å². The summed E-state index contributed by atoms with van der Waals surface area (Å²) in [6.45, 7) is 3.51. The molecule has 3 N–H and O–H groups in total. The first-order valence-corrected chi connectivity index (χ1v) is 2.11. The van der Waals surface area contributed by atoms with Crippen LogP contribution in [0.4, 0.5) is 0 Å². The van der Waals surface area contributed by atoms with E-state index < -0.39 is 0 Å². The molecule has 0 atom stereocenters. The summed E-state index contributed by atoms with van der Waals surface area (Å²) < 4.78 is 0. The molecule has 42 valence electrons. The van der Waals surface area contributed by atoms with E-state index in [1.807, 2.05) is 0 Å². The average Bonchev–Trinajstić information content (AvgIpc) is 1.77. The SMILES string of the molecule is C=C1NN=CN=C1N. The second-order valence-electron chi connectivity index (χ2n) is 1.35. The van der Waals surface area contributed by atoms with Gasteiger partial charge in [0.2, 0.25) is 0 Å². The number of hydrazone groups is 1. The Morgan fingerprint density at radius 2 is 2.50 bits per heavy atom. The number of nitrogens with zero attached hydrogens (tertiary/aromatic N) is 2. The molecule has 0 saturated carbocycles. The third-order valence-electron chi connectivity index (χ3n) is 0.763. The zero-order valence-electron chi connectivity index (χ0n) is 4.26. The van der Waals surface area contributed by atoms with Crippen molar-refractivity contribution in [2.75, 3.05) is 0 Å². The minimum atomic E-state index is 0.389. The van der Waals surface area contributed by atoms with E-state index in [-0.39, 0.29) is 0 Å². The van der Waals surface area contributed by atoms with Gasteiger partial charge in [-0.05, 0) is 0 Å². The molecule has 1 rings (SSSR count). The van der Waals surface area contributed by atoms with E-state index in [0.717, 1.165) is 0 Å². The van der Waals surface area contributed by atoms with Gasteiger partial charge in [-0.25, -0.2) is 4.99 Å². The van der Waals surface area contributed by atoms with E-state index >= 15 is 0 Å². The lowest BCUT2D eigenvalue weighted by Gasteiger charge is -2.04. The van der Waals surface area contributed by atoms with Crippen LogP contribution in [0.25, 0.3) is 0 Å². The van der Waals surface area contributed by atoms with Crippen LogP contribution in [0.15, 0.2) is 22.4 Å². The van der Waals surface area contributed by atoms with Crippen molar-refractivity contribution in [1.29, 1.82) is 0 Å². The van der Waals surface area contributed by atoms with Gasteiger partial charge in [-0.2, -0.15) is 5.10 Å². The van der Waals surface area contributed by atoms with Crippen LogP contribution < -0.4 is 11.2 Å². The number of rotatable bonds is 0. The lowest BCUT2D eigenvalue weighted by molar-refractivity contribution is 0.925. The van der Waals surface area contributed by atoms with Gasteiger partial charge in [0.1, 0.15) is 12.2 Å². The second-order valence-corrected chi connectivity index (χ2v) is 1.35. The number of amidine groups is 1. The minimum absolute atomic E-state index is 0.389. The highest BCUT2D eigenvalue weighted by Gasteiger charge is 1.98. The van der Waals surface area contributed by atoms with Crippen molar-refractivity contribution in [1.82, 2.24) is 5.43 Å². The van der Waals surface area contributed by atoms with E-state index in [1.54, 1.807) is 0 Å². The number of nitrogens with two attached hydrogens (primary N) is 1. The van der Waals surface area contributed by atoms with Crippen LogP contribution in [0.5, 0.6) is 0 Å². The minimum Gasteiger partial charge on any atom is -0.382 e. The third kappa shape index (κ3) is 0.676. The summed E-state index contributed by atoms with van der Waals surface area (Å²) in [5.74, 6) is 0.389. The first kappa shape index (κ1) is 4.83. The Balaban J connectivity index is 2.80. The Morgan fingerprint density at radius 3 is 2.88 bits per heavy atom. The molecule has 0 aromatic heterocycles. The molecular formula is C4H6N4. The summed E-state index contributed by atoms with van der Waals surface area (Å²) in [5.41, 5.74) is 8.37. The summed E-state index contributed by atoms with van der Waals surface area (Å²) in [6, 6.07) is 0. The van der Waals surface area contributed by atoms with Crippen LogP contribution in [0.1, 0.15) is 0 Å². The summed E-state index contributed by atoms with van der Waals surface area (Å²) >= 11 is 0. The topological polar surface area (TPSA) is 62.8 Å². The van der Waals surface area contributed by atoms with E-state index in [2.05, 4.69) is 22.1 Å². The van der Waals surface area contributed by atoms with Crippen LogP contribution in [0.3, 0.4) is 0 Å². The molecule has 0 aromatic carbocycles. The van der Waals surface area contributed by atoms with Gasteiger partial charge in [-0.3, -0.25) is 5.43 Å². The van der Waals surface area contributed by atoms with E-state index in [4.69, 9.17) is 5.73 Å². The molecule has 0 unspecified atom stereocenters. The number of aliphatic imine (C=N–C) groups is 1. The molecule has 0 aliphatic carbocycles. The Bertz CT molecular complexity index is 167. The fraction of sp³-hybridized carbons (Fsp3) is 0. The van der Waals surface area contributed by atoms with Crippen molar-refractivity contribution in [3.63, 3.8) is 0 Å². The van der Waals surface area contributed by atoms with E-state index in [0.29, 0.717) is 11.5 Å². The fourth-order valence-electron chi connectivity index (χ4n) is 0.333. The van der Waals surface area contributed by atoms with Crippen LogP contribution in [-0.4, -0.2) is 12.2 Å². The zero-order valence-corrected chi connectivity index (χ0v) is 4.26. The summed E-state index contributed by atoms with van der Waals surface area (Å²) in [4.78, 5) is 3.65. The second kappa shape index (κ2) is 1.65. The van der Waals surface area contributed by atoms with Crippen molar-refractivity contribution >= 4 is 12.2 Å². The highest BCUT2D eigenvalue weighted by atomic mass is 15.3. The molecule has 0 bridgehead atoms. The molecule has 8 heavy (non-hydrogen) atoms. The number of hydrogen-bond acceptors (Lipinski definition) is 4. The first-order valence-electron chi connectivity index (χ1n) is 2.11. The highest BCUT2D eigenvalue weighted by Crippen LogP contribution is 1.86. The maximum atomic E-state index is 5.27. The van der Waals surface area contributed by atoms with Crippen molar-refractivity contribution in [2.24, 2.45) is 15.8 Å². The van der Waals surface area contributed by atoms with Gasteiger partial charge >= 0.3 is 0 Å². The smallest absolute Gasteiger partial charge is 0.150 e. The molecule has 0 amide bonds. The summed E-state index contributed by atoms with van der Waals surface area (Å²) in [7, 11) is 0. The molecule has 1 aliphatic rings. The Hall–Kier alpha value is -1.32. The van der Waals surface area contributed by atoms with Crippen molar-refractivity contribution in [2.45, 2.75) is 0 Å². The Kier molecular flexibility index (Phi) is 0.997. The fourth-order valence-corrected chi connectivity index (χ4v) is 0.333. The molecule has 0 spiro atoms. The standard InChI is InChI=1S/C4H6N4/c1-3-4(5)6-2-7-8-3/h2,8H,1H2,(H2,5,6,7). The van der Waals surface area contributed by atoms with E-state index in [9.17, 15) is 0 Å². The largest absolute Gasteiger partial charge is 0.382 e. The molecule has 0 saturated heterocycles.